The molecule has 2 aromatic heterocycles. The van der Waals surface area contributed by atoms with Crippen molar-refractivity contribution in [2.24, 2.45) is 0 Å². The molecule has 0 radical (unpaired) electrons. The van der Waals surface area contributed by atoms with Gasteiger partial charge in [-0.05, 0) is 41.2 Å². The van der Waals surface area contributed by atoms with Crippen LogP contribution in [-0.2, 0) is 23.2 Å². The normalized spacial score (nSPS) is 12.0. The molecular weight excluding hydrogens is 366 g/mol. The van der Waals surface area contributed by atoms with Crippen LogP contribution in [0.25, 0.3) is 0 Å². The zero-order chi connectivity index (χ0) is 14.9. The molecule has 2 aromatic rings. The lowest BCUT2D eigenvalue weighted by molar-refractivity contribution is 0.276. The Labute approximate surface area is 129 Å². The van der Waals surface area contributed by atoms with Gasteiger partial charge in [0.1, 0.15) is 16.4 Å². The summed E-state index contributed by atoms with van der Waals surface area (Å²) in [5.74, 6) is 0.701. The summed E-state index contributed by atoms with van der Waals surface area (Å²) in [6.45, 7) is 3.02. The van der Waals surface area contributed by atoms with Crippen LogP contribution in [0.15, 0.2) is 25.2 Å². The van der Waals surface area contributed by atoms with Gasteiger partial charge in [-0.3, -0.25) is 0 Å². The molecule has 0 fully saturated rings. The molecule has 0 aliphatic carbocycles. The minimum atomic E-state index is -3.72. The second kappa shape index (κ2) is 5.98. The number of hydrogen-bond acceptors (Lipinski definition) is 5. The van der Waals surface area contributed by atoms with Gasteiger partial charge in [0, 0.05) is 21.5 Å². The van der Waals surface area contributed by atoms with Crippen molar-refractivity contribution in [3.05, 3.63) is 37.9 Å². The van der Waals surface area contributed by atoms with Crippen molar-refractivity contribution in [3.63, 3.8) is 0 Å². The highest BCUT2D eigenvalue weighted by Gasteiger charge is 2.26. The van der Waals surface area contributed by atoms with Crippen LogP contribution in [-0.4, -0.2) is 13.5 Å². The third-order valence-corrected chi connectivity index (χ3v) is 6.39. The molecule has 0 saturated carbocycles. The Bertz CT molecular complexity index is 718. The van der Waals surface area contributed by atoms with Gasteiger partial charge in [0.25, 0.3) is 0 Å². The SMILES string of the molecule is Cc1oc(C)c(S(=O)(=O)NCc2sccc2Br)c1CO. The highest BCUT2D eigenvalue weighted by molar-refractivity contribution is 9.10. The van der Waals surface area contributed by atoms with Gasteiger partial charge in [0.15, 0.2) is 0 Å². The predicted octanol–water partition coefficient (Wildman–Crippen LogP) is 2.69. The summed E-state index contributed by atoms with van der Waals surface area (Å²) in [6, 6.07) is 1.86. The molecule has 0 aliphatic heterocycles. The van der Waals surface area contributed by atoms with Gasteiger partial charge in [-0.25, -0.2) is 13.1 Å². The van der Waals surface area contributed by atoms with Crippen molar-refractivity contribution in [2.45, 2.75) is 31.9 Å². The molecule has 5 nitrogen and oxygen atoms in total. The highest BCUT2D eigenvalue weighted by atomic mass is 79.9. The van der Waals surface area contributed by atoms with Crippen LogP contribution in [0.5, 0.6) is 0 Å². The Hall–Kier alpha value is -0.670. The lowest BCUT2D eigenvalue weighted by atomic mass is 10.2. The minimum absolute atomic E-state index is 0.0326. The average molecular weight is 380 g/mol. The van der Waals surface area contributed by atoms with E-state index in [4.69, 9.17) is 4.42 Å². The largest absolute Gasteiger partial charge is 0.465 e. The molecular formula is C12H14BrNO4S2. The molecule has 0 spiro atoms. The summed E-state index contributed by atoms with van der Waals surface area (Å²) in [7, 11) is -3.72. The summed E-state index contributed by atoms with van der Waals surface area (Å²) in [5, 5.41) is 11.2. The molecule has 0 unspecified atom stereocenters. The molecule has 110 valence electrons. The van der Waals surface area contributed by atoms with Gasteiger partial charge in [-0.2, -0.15) is 0 Å². The smallest absolute Gasteiger partial charge is 0.244 e. The monoisotopic (exact) mass is 379 g/mol. The van der Waals surface area contributed by atoms with Crippen molar-refractivity contribution in [1.82, 2.24) is 4.72 Å². The lowest BCUT2D eigenvalue weighted by Crippen LogP contribution is -2.24. The summed E-state index contributed by atoms with van der Waals surface area (Å²) in [4.78, 5) is 0.919. The number of aliphatic hydroxyl groups is 1. The second-order valence-corrected chi connectivity index (χ2v) is 7.76. The summed E-state index contributed by atoms with van der Waals surface area (Å²) in [5.41, 5.74) is 0.306. The molecule has 0 aliphatic rings. The van der Waals surface area contributed by atoms with E-state index >= 15 is 0 Å². The van der Waals surface area contributed by atoms with Crippen molar-refractivity contribution < 1.29 is 17.9 Å². The first-order valence-electron chi connectivity index (χ1n) is 5.78. The number of aryl methyl sites for hydroxylation is 2. The molecule has 0 aromatic carbocycles. The Balaban J connectivity index is 2.29. The van der Waals surface area contributed by atoms with Crippen LogP contribution < -0.4 is 4.72 Å². The van der Waals surface area contributed by atoms with E-state index in [0.717, 1.165) is 9.35 Å². The van der Waals surface area contributed by atoms with E-state index < -0.39 is 10.0 Å². The van der Waals surface area contributed by atoms with E-state index in [-0.39, 0.29) is 23.8 Å². The van der Waals surface area contributed by atoms with Crippen LogP contribution in [0.4, 0.5) is 0 Å². The van der Waals surface area contributed by atoms with Crippen LogP contribution in [0, 0.1) is 13.8 Å². The first kappa shape index (κ1) is 15.7. The molecule has 20 heavy (non-hydrogen) atoms. The van der Waals surface area contributed by atoms with Crippen molar-refractivity contribution in [2.75, 3.05) is 0 Å². The number of hydrogen-bond donors (Lipinski definition) is 2. The second-order valence-electron chi connectivity index (χ2n) is 4.20. The highest BCUT2D eigenvalue weighted by Crippen LogP contribution is 2.27. The van der Waals surface area contributed by atoms with Crippen LogP contribution in [0.3, 0.4) is 0 Å². The Morgan fingerprint density at radius 3 is 2.65 bits per heavy atom. The van der Waals surface area contributed by atoms with Gasteiger partial charge in [0.2, 0.25) is 10.0 Å². The van der Waals surface area contributed by atoms with Crippen molar-refractivity contribution in [3.8, 4) is 0 Å². The van der Waals surface area contributed by atoms with Crippen molar-refractivity contribution >= 4 is 37.3 Å². The Morgan fingerprint density at radius 1 is 1.40 bits per heavy atom. The van der Waals surface area contributed by atoms with Crippen LogP contribution >= 0.6 is 27.3 Å². The van der Waals surface area contributed by atoms with Gasteiger partial charge in [-0.15, -0.1) is 11.3 Å². The fourth-order valence-corrected chi connectivity index (χ4v) is 4.88. The summed E-state index contributed by atoms with van der Waals surface area (Å²) < 4.78 is 33.4. The van der Waals surface area contributed by atoms with E-state index in [0.29, 0.717) is 11.3 Å². The number of nitrogens with one attached hydrogen (secondary N) is 1. The molecule has 0 atom stereocenters. The van der Waals surface area contributed by atoms with E-state index in [1.165, 1.54) is 11.3 Å². The number of rotatable bonds is 5. The number of aliphatic hydroxyl groups excluding tert-OH is 1. The molecule has 0 saturated heterocycles. The lowest BCUT2D eigenvalue weighted by Gasteiger charge is -2.07. The maximum atomic E-state index is 12.4. The van der Waals surface area contributed by atoms with E-state index in [9.17, 15) is 13.5 Å². The zero-order valence-corrected chi connectivity index (χ0v) is 14.2. The van der Waals surface area contributed by atoms with Gasteiger partial charge < -0.3 is 9.52 Å². The third kappa shape index (κ3) is 2.99. The molecule has 0 amide bonds. The fraction of sp³-hybridized carbons (Fsp3) is 0.333. The maximum Gasteiger partial charge on any atom is 0.244 e. The molecule has 2 N–H and O–H groups in total. The Kier molecular flexibility index (Phi) is 4.70. The van der Waals surface area contributed by atoms with Crippen LogP contribution in [0.2, 0.25) is 0 Å². The quantitative estimate of drug-likeness (QED) is 0.836. The van der Waals surface area contributed by atoms with Crippen molar-refractivity contribution in [1.29, 1.82) is 0 Å². The van der Waals surface area contributed by atoms with Gasteiger partial charge >= 0.3 is 0 Å². The summed E-state index contributed by atoms with van der Waals surface area (Å²) >= 11 is 4.81. The van der Waals surface area contributed by atoms with Gasteiger partial charge in [-0.1, -0.05) is 0 Å². The first-order valence-corrected chi connectivity index (χ1v) is 8.93. The number of thiophene rings is 1. The molecule has 2 heterocycles. The van der Waals surface area contributed by atoms with Crippen LogP contribution in [0.1, 0.15) is 22.0 Å². The number of halogens is 1. The first-order chi connectivity index (χ1) is 9.36. The van der Waals surface area contributed by atoms with E-state index in [2.05, 4.69) is 20.7 Å². The number of furan rings is 1. The standard InChI is InChI=1S/C12H14BrNO4S2/c1-7-9(6-15)12(8(2)18-7)20(16,17)14-5-11-10(13)3-4-19-11/h3-4,14-15H,5-6H2,1-2H3. The van der Waals surface area contributed by atoms with E-state index in [1.807, 2.05) is 11.4 Å². The average Bonchev–Trinajstić information content (AvgIpc) is 2.90. The third-order valence-electron chi connectivity index (χ3n) is 2.87. The minimum Gasteiger partial charge on any atom is -0.465 e. The molecule has 0 bridgehead atoms. The predicted molar refractivity (Wildman–Crippen MR) is 80.1 cm³/mol. The van der Waals surface area contributed by atoms with E-state index in [1.54, 1.807) is 13.8 Å². The molecule has 2 rings (SSSR count). The fourth-order valence-electron chi connectivity index (χ4n) is 1.93. The maximum absolute atomic E-state index is 12.4. The Morgan fingerprint density at radius 2 is 2.10 bits per heavy atom. The number of sulfonamides is 1. The summed E-state index contributed by atoms with van der Waals surface area (Å²) in [6.07, 6.45) is 0. The van der Waals surface area contributed by atoms with Gasteiger partial charge in [0.05, 0.1) is 6.61 Å². The molecule has 8 heteroatoms. The topological polar surface area (TPSA) is 79.5 Å². The zero-order valence-electron chi connectivity index (χ0n) is 10.9.